The number of likely N-dealkylation sites (tertiary alicyclic amines) is 1. The first-order valence-electron chi connectivity index (χ1n) is 8.88. The largest absolute Gasteiger partial charge is 0.339 e. The highest BCUT2D eigenvalue weighted by atomic mass is 16.2. The molecule has 1 aromatic carbocycles. The Morgan fingerprint density at radius 2 is 1.67 bits per heavy atom. The zero-order valence-corrected chi connectivity index (χ0v) is 13.8. The van der Waals surface area contributed by atoms with Crippen LogP contribution in [0.3, 0.4) is 0 Å². The van der Waals surface area contributed by atoms with E-state index in [2.05, 4.69) is 10.6 Å². The van der Waals surface area contributed by atoms with E-state index in [9.17, 15) is 9.59 Å². The van der Waals surface area contributed by atoms with E-state index in [0.29, 0.717) is 18.7 Å². The molecular formula is C18H24N4O2. The Morgan fingerprint density at radius 3 is 2.25 bits per heavy atom. The van der Waals surface area contributed by atoms with Crippen LogP contribution in [0.2, 0.25) is 0 Å². The van der Waals surface area contributed by atoms with Gasteiger partial charge in [-0.3, -0.25) is 9.69 Å². The van der Waals surface area contributed by atoms with Gasteiger partial charge in [0.1, 0.15) is 0 Å². The normalized spacial score (nSPS) is 26.9. The third kappa shape index (κ3) is 2.86. The summed E-state index contributed by atoms with van der Waals surface area (Å²) in [5, 5.41) is 6.25. The molecule has 2 atom stereocenters. The average molecular weight is 328 g/mol. The first-order chi connectivity index (χ1) is 11.7. The minimum Gasteiger partial charge on any atom is -0.339 e. The molecule has 0 radical (unpaired) electrons. The van der Waals surface area contributed by atoms with Crippen molar-refractivity contribution in [3.05, 3.63) is 29.8 Å². The van der Waals surface area contributed by atoms with Gasteiger partial charge in [-0.2, -0.15) is 0 Å². The predicted octanol–water partition coefficient (Wildman–Crippen LogP) is 1.29. The maximum absolute atomic E-state index is 12.8. The monoisotopic (exact) mass is 328 g/mol. The number of nitrogens with zero attached hydrogens (tertiary/aromatic N) is 2. The molecule has 6 heteroatoms. The summed E-state index contributed by atoms with van der Waals surface area (Å²) in [5.74, 6) is 1.55. The molecule has 4 rings (SSSR count). The van der Waals surface area contributed by atoms with Crippen molar-refractivity contribution in [3.63, 3.8) is 0 Å². The van der Waals surface area contributed by atoms with Gasteiger partial charge < -0.3 is 15.5 Å². The second-order valence-electron chi connectivity index (χ2n) is 6.98. The second kappa shape index (κ2) is 6.43. The van der Waals surface area contributed by atoms with Gasteiger partial charge in [0.25, 0.3) is 5.91 Å². The van der Waals surface area contributed by atoms with Gasteiger partial charge in [0.05, 0.1) is 0 Å². The summed E-state index contributed by atoms with van der Waals surface area (Å²) in [7, 11) is 0. The Morgan fingerprint density at radius 1 is 1.00 bits per heavy atom. The van der Waals surface area contributed by atoms with Crippen molar-refractivity contribution in [1.29, 1.82) is 0 Å². The van der Waals surface area contributed by atoms with Crippen LogP contribution < -0.4 is 15.5 Å². The summed E-state index contributed by atoms with van der Waals surface area (Å²) < 4.78 is 0. The highest BCUT2D eigenvalue weighted by Gasteiger charge is 2.31. The maximum atomic E-state index is 12.8. The van der Waals surface area contributed by atoms with Crippen molar-refractivity contribution in [2.75, 3.05) is 44.2 Å². The number of amides is 3. The zero-order valence-electron chi connectivity index (χ0n) is 13.8. The van der Waals surface area contributed by atoms with Crippen LogP contribution in [0.1, 0.15) is 23.2 Å². The molecule has 3 fully saturated rings. The van der Waals surface area contributed by atoms with E-state index in [0.717, 1.165) is 56.5 Å². The molecule has 0 spiro atoms. The van der Waals surface area contributed by atoms with Crippen LogP contribution in [0.5, 0.6) is 0 Å². The fourth-order valence-corrected chi connectivity index (χ4v) is 4.11. The van der Waals surface area contributed by atoms with Crippen molar-refractivity contribution >= 4 is 17.6 Å². The number of carbonyl (C=O) groups excluding carboxylic acids is 2. The molecule has 0 saturated carbocycles. The van der Waals surface area contributed by atoms with E-state index in [1.54, 1.807) is 4.90 Å². The maximum Gasteiger partial charge on any atom is 0.321 e. The van der Waals surface area contributed by atoms with Crippen LogP contribution in [0.25, 0.3) is 0 Å². The Bertz CT molecular complexity index is 616. The summed E-state index contributed by atoms with van der Waals surface area (Å²) in [6, 6.07) is 7.36. The smallest absolute Gasteiger partial charge is 0.321 e. The third-order valence-corrected chi connectivity index (χ3v) is 5.59. The highest BCUT2D eigenvalue weighted by molar-refractivity contribution is 5.97. The molecule has 3 aliphatic heterocycles. The van der Waals surface area contributed by atoms with Gasteiger partial charge in [-0.15, -0.1) is 0 Å². The van der Waals surface area contributed by atoms with Gasteiger partial charge in [-0.1, -0.05) is 0 Å². The fourth-order valence-electron chi connectivity index (χ4n) is 4.11. The van der Waals surface area contributed by atoms with E-state index >= 15 is 0 Å². The van der Waals surface area contributed by atoms with E-state index in [1.807, 2.05) is 29.2 Å². The molecule has 3 heterocycles. The number of carbonyl (C=O) groups is 2. The molecule has 0 bridgehead atoms. The number of nitrogens with one attached hydrogen (secondary N) is 2. The molecule has 6 nitrogen and oxygen atoms in total. The first kappa shape index (κ1) is 15.4. The fraction of sp³-hybridized carbons (Fsp3) is 0.556. The van der Waals surface area contributed by atoms with E-state index in [4.69, 9.17) is 0 Å². The minimum atomic E-state index is -0.0678. The summed E-state index contributed by atoms with van der Waals surface area (Å²) in [4.78, 5) is 28.2. The first-order valence-corrected chi connectivity index (χ1v) is 8.88. The molecule has 24 heavy (non-hydrogen) atoms. The molecule has 128 valence electrons. The Balaban J connectivity index is 1.43. The number of urea groups is 1. The number of anilines is 1. The molecule has 3 saturated heterocycles. The summed E-state index contributed by atoms with van der Waals surface area (Å²) >= 11 is 0. The van der Waals surface area contributed by atoms with Gasteiger partial charge in [-0.25, -0.2) is 4.79 Å². The van der Waals surface area contributed by atoms with Crippen LogP contribution in [0.15, 0.2) is 24.3 Å². The molecule has 1 aromatic rings. The van der Waals surface area contributed by atoms with Crippen molar-refractivity contribution in [3.8, 4) is 0 Å². The van der Waals surface area contributed by atoms with Crippen molar-refractivity contribution in [2.45, 2.75) is 12.8 Å². The Kier molecular flexibility index (Phi) is 4.14. The quantitative estimate of drug-likeness (QED) is 0.860. The molecule has 0 aromatic heterocycles. The van der Waals surface area contributed by atoms with Crippen LogP contribution in [-0.2, 0) is 0 Å². The van der Waals surface area contributed by atoms with Crippen LogP contribution in [0.4, 0.5) is 10.5 Å². The Hall–Kier alpha value is -2.08. The van der Waals surface area contributed by atoms with Gasteiger partial charge in [0.2, 0.25) is 0 Å². The van der Waals surface area contributed by atoms with E-state index in [-0.39, 0.29) is 11.9 Å². The summed E-state index contributed by atoms with van der Waals surface area (Å²) in [6.45, 7) is 5.23. The Labute approximate surface area is 142 Å². The topological polar surface area (TPSA) is 64.7 Å². The van der Waals surface area contributed by atoms with Crippen LogP contribution >= 0.6 is 0 Å². The van der Waals surface area contributed by atoms with Crippen molar-refractivity contribution < 1.29 is 9.59 Å². The van der Waals surface area contributed by atoms with Gasteiger partial charge in [-0.05, 0) is 62.0 Å². The molecule has 3 aliphatic rings. The lowest BCUT2D eigenvalue weighted by molar-refractivity contribution is 0.0758. The van der Waals surface area contributed by atoms with Gasteiger partial charge >= 0.3 is 6.03 Å². The summed E-state index contributed by atoms with van der Waals surface area (Å²) in [5.41, 5.74) is 1.56. The third-order valence-electron chi connectivity index (χ3n) is 5.59. The number of rotatable bonds is 2. The van der Waals surface area contributed by atoms with Gasteiger partial charge in [0.15, 0.2) is 0 Å². The standard InChI is InChI=1S/C18H24N4O2/c23-17(21-8-5-14-11-19-12-15(14)6-9-21)13-1-3-16(4-2-13)22-10-7-20-18(22)24/h1-4,14-15,19H,5-12H2,(H,20,24)/t14-,15+. The number of hydrogen-bond donors (Lipinski definition) is 2. The SMILES string of the molecule is O=C(c1ccc(N2CCNC2=O)cc1)N1CC[C@@H]2CNC[C@@H]2CC1. The van der Waals surface area contributed by atoms with Gasteiger partial charge in [0, 0.05) is 37.4 Å². The lowest BCUT2D eigenvalue weighted by Crippen LogP contribution is -2.33. The minimum absolute atomic E-state index is 0.0678. The highest BCUT2D eigenvalue weighted by Crippen LogP contribution is 2.28. The summed E-state index contributed by atoms with van der Waals surface area (Å²) in [6.07, 6.45) is 2.19. The lowest BCUT2D eigenvalue weighted by Gasteiger charge is -2.21. The van der Waals surface area contributed by atoms with E-state index in [1.165, 1.54) is 0 Å². The average Bonchev–Trinajstić information content (AvgIpc) is 3.19. The predicted molar refractivity (Wildman–Crippen MR) is 92.2 cm³/mol. The number of fused-ring (bicyclic) bond motifs is 1. The number of hydrogen-bond acceptors (Lipinski definition) is 3. The van der Waals surface area contributed by atoms with Crippen LogP contribution in [-0.4, -0.2) is 56.1 Å². The second-order valence-corrected chi connectivity index (χ2v) is 6.98. The molecule has 3 amide bonds. The van der Waals surface area contributed by atoms with Crippen molar-refractivity contribution in [1.82, 2.24) is 15.5 Å². The molecule has 0 unspecified atom stereocenters. The zero-order chi connectivity index (χ0) is 16.5. The van der Waals surface area contributed by atoms with Crippen LogP contribution in [0, 0.1) is 11.8 Å². The number of benzene rings is 1. The molecular weight excluding hydrogens is 304 g/mol. The lowest BCUT2D eigenvalue weighted by atomic mass is 9.92. The molecule has 0 aliphatic carbocycles. The molecule has 2 N–H and O–H groups in total. The van der Waals surface area contributed by atoms with E-state index < -0.39 is 0 Å². The van der Waals surface area contributed by atoms with Crippen molar-refractivity contribution in [2.24, 2.45) is 11.8 Å².